The zero-order valence-corrected chi connectivity index (χ0v) is 13.3. The third-order valence-electron chi connectivity index (χ3n) is 3.13. The maximum absolute atomic E-state index is 5.16. The van der Waals surface area contributed by atoms with Crippen molar-refractivity contribution >= 4 is 5.96 Å². The van der Waals surface area contributed by atoms with Gasteiger partial charge in [0, 0.05) is 27.6 Å². The number of aliphatic imine (C=N–C) groups is 1. The molecule has 0 radical (unpaired) electrons. The molecular formula is C15H21N5O2. The predicted molar refractivity (Wildman–Crippen MR) is 83.7 cm³/mol. The van der Waals surface area contributed by atoms with Gasteiger partial charge < -0.3 is 19.5 Å². The molecule has 0 aliphatic carbocycles. The lowest BCUT2D eigenvalue weighted by Crippen LogP contribution is -2.38. The van der Waals surface area contributed by atoms with Crippen LogP contribution in [-0.4, -0.2) is 42.2 Å². The van der Waals surface area contributed by atoms with Crippen molar-refractivity contribution in [3.8, 4) is 5.75 Å². The van der Waals surface area contributed by atoms with Gasteiger partial charge in [-0.3, -0.25) is 4.99 Å². The molecule has 0 saturated carbocycles. The molecule has 1 heterocycles. The van der Waals surface area contributed by atoms with Crippen molar-refractivity contribution in [3.05, 3.63) is 41.5 Å². The van der Waals surface area contributed by atoms with Crippen molar-refractivity contribution in [2.24, 2.45) is 4.99 Å². The van der Waals surface area contributed by atoms with E-state index in [1.54, 1.807) is 21.1 Å². The summed E-state index contributed by atoms with van der Waals surface area (Å²) in [5.74, 6) is 2.77. The van der Waals surface area contributed by atoms with E-state index in [1.807, 2.05) is 36.2 Å². The van der Waals surface area contributed by atoms with Gasteiger partial charge in [0.1, 0.15) is 5.75 Å². The summed E-state index contributed by atoms with van der Waals surface area (Å²) in [6.45, 7) is 2.97. The fraction of sp³-hybridized carbons (Fsp3) is 0.400. The van der Waals surface area contributed by atoms with Crippen LogP contribution < -0.4 is 10.1 Å². The highest BCUT2D eigenvalue weighted by atomic mass is 16.5. The number of hydrogen-bond acceptors (Lipinski definition) is 5. The number of nitrogens with one attached hydrogen (secondary N) is 1. The van der Waals surface area contributed by atoms with Crippen LogP contribution in [0.3, 0.4) is 0 Å². The molecule has 7 nitrogen and oxygen atoms in total. The number of guanidine groups is 1. The van der Waals surface area contributed by atoms with Crippen LogP contribution in [0.2, 0.25) is 0 Å². The number of nitrogens with zero attached hydrogens (tertiary/aromatic N) is 4. The zero-order valence-electron chi connectivity index (χ0n) is 13.3. The molecule has 0 atom stereocenters. The van der Waals surface area contributed by atoms with Gasteiger partial charge in [-0.2, -0.15) is 4.98 Å². The van der Waals surface area contributed by atoms with E-state index in [1.165, 1.54) is 5.56 Å². The van der Waals surface area contributed by atoms with Gasteiger partial charge in [-0.15, -0.1) is 0 Å². The molecule has 0 unspecified atom stereocenters. The maximum Gasteiger partial charge on any atom is 0.223 e. The number of ether oxygens (including phenoxy) is 1. The lowest BCUT2D eigenvalue weighted by atomic mass is 10.2. The summed E-state index contributed by atoms with van der Waals surface area (Å²) >= 11 is 0. The van der Waals surface area contributed by atoms with Gasteiger partial charge >= 0.3 is 0 Å². The molecule has 1 N–H and O–H groups in total. The molecule has 118 valence electrons. The van der Waals surface area contributed by atoms with Crippen LogP contribution >= 0.6 is 0 Å². The summed E-state index contributed by atoms with van der Waals surface area (Å²) in [7, 11) is 5.38. The second-order valence-electron chi connectivity index (χ2n) is 4.83. The van der Waals surface area contributed by atoms with Crippen molar-refractivity contribution in [1.29, 1.82) is 0 Å². The normalized spacial score (nSPS) is 11.4. The average molecular weight is 303 g/mol. The smallest absolute Gasteiger partial charge is 0.223 e. The van der Waals surface area contributed by atoms with Crippen LogP contribution in [0, 0.1) is 6.92 Å². The minimum Gasteiger partial charge on any atom is -0.497 e. The molecule has 0 fully saturated rings. The monoisotopic (exact) mass is 303 g/mol. The second-order valence-corrected chi connectivity index (χ2v) is 4.83. The highest BCUT2D eigenvalue weighted by Gasteiger charge is 2.09. The van der Waals surface area contributed by atoms with Gasteiger partial charge in [0.25, 0.3) is 0 Å². The first-order chi connectivity index (χ1) is 10.6. The van der Waals surface area contributed by atoms with E-state index in [0.29, 0.717) is 18.3 Å². The number of hydrogen-bond donors (Lipinski definition) is 1. The third-order valence-corrected chi connectivity index (χ3v) is 3.13. The largest absolute Gasteiger partial charge is 0.497 e. The summed E-state index contributed by atoms with van der Waals surface area (Å²) in [4.78, 5) is 10.4. The molecule has 2 rings (SSSR count). The van der Waals surface area contributed by atoms with Crippen molar-refractivity contribution in [2.75, 3.05) is 21.2 Å². The Labute approximate surface area is 130 Å². The topological polar surface area (TPSA) is 75.8 Å². The van der Waals surface area contributed by atoms with E-state index < -0.39 is 0 Å². The zero-order chi connectivity index (χ0) is 15.9. The van der Waals surface area contributed by atoms with Crippen LogP contribution in [0.5, 0.6) is 5.75 Å². The minimum absolute atomic E-state index is 0.469. The minimum atomic E-state index is 0.469. The summed E-state index contributed by atoms with van der Waals surface area (Å²) in [6.07, 6.45) is 0. The van der Waals surface area contributed by atoms with Gasteiger partial charge in [-0.1, -0.05) is 17.3 Å². The molecular weight excluding hydrogens is 282 g/mol. The Balaban J connectivity index is 1.91. The van der Waals surface area contributed by atoms with E-state index >= 15 is 0 Å². The summed E-state index contributed by atoms with van der Waals surface area (Å²) in [5.41, 5.74) is 1.17. The molecule has 1 aromatic heterocycles. The Morgan fingerprint density at radius 2 is 2.09 bits per heavy atom. The van der Waals surface area contributed by atoms with Crippen LogP contribution in [0.25, 0.3) is 0 Å². The summed E-state index contributed by atoms with van der Waals surface area (Å²) < 4.78 is 10.1. The summed E-state index contributed by atoms with van der Waals surface area (Å²) in [5, 5.41) is 7.06. The molecule has 0 aliphatic heterocycles. The lowest BCUT2D eigenvalue weighted by molar-refractivity contribution is 0.386. The van der Waals surface area contributed by atoms with Crippen molar-refractivity contribution in [1.82, 2.24) is 20.4 Å². The van der Waals surface area contributed by atoms with Gasteiger partial charge in [0.2, 0.25) is 5.89 Å². The first kappa shape index (κ1) is 15.8. The van der Waals surface area contributed by atoms with E-state index in [4.69, 9.17) is 9.26 Å². The molecule has 1 aromatic carbocycles. The Kier molecular flexibility index (Phi) is 5.35. The fourth-order valence-electron chi connectivity index (χ4n) is 2.04. The van der Waals surface area contributed by atoms with Gasteiger partial charge in [-0.05, 0) is 17.7 Å². The van der Waals surface area contributed by atoms with Crippen molar-refractivity contribution in [2.45, 2.75) is 20.0 Å². The van der Waals surface area contributed by atoms with Crippen LogP contribution in [-0.2, 0) is 13.1 Å². The molecule has 0 aliphatic rings. The molecule has 0 spiro atoms. The Hall–Kier alpha value is -2.57. The Morgan fingerprint density at radius 3 is 2.64 bits per heavy atom. The molecule has 22 heavy (non-hydrogen) atoms. The first-order valence-corrected chi connectivity index (χ1v) is 6.96. The first-order valence-electron chi connectivity index (χ1n) is 6.96. The third kappa shape index (κ3) is 4.21. The van der Waals surface area contributed by atoms with Gasteiger partial charge in [0.05, 0.1) is 13.7 Å². The van der Waals surface area contributed by atoms with E-state index in [9.17, 15) is 0 Å². The Morgan fingerprint density at radius 1 is 1.36 bits per heavy atom. The standard InChI is InChI=1S/C15H21N5O2/c1-11-18-14(19-22-11)9-17-15(16-2)20(3)10-12-5-7-13(21-4)8-6-12/h5-8H,9-10H2,1-4H3,(H,16,17). The highest BCUT2D eigenvalue weighted by molar-refractivity contribution is 5.79. The molecule has 0 bridgehead atoms. The number of methoxy groups -OCH3 is 1. The quantitative estimate of drug-likeness (QED) is 0.668. The molecule has 0 saturated heterocycles. The van der Waals surface area contributed by atoms with Gasteiger partial charge in [-0.25, -0.2) is 0 Å². The van der Waals surface area contributed by atoms with E-state index in [-0.39, 0.29) is 0 Å². The van der Waals surface area contributed by atoms with Gasteiger partial charge in [0.15, 0.2) is 11.8 Å². The average Bonchev–Trinajstić information content (AvgIpc) is 2.94. The molecule has 0 amide bonds. The Bertz CT molecular complexity index is 621. The number of rotatable bonds is 5. The SMILES string of the molecule is CN=C(NCc1noc(C)n1)N(C)Cc1ccc(OC)cc1. The number of aryl methyl sites for hydroxylation is 1. The molecule has 2 aromatic rings. The van der Waals surface area contributed by atoms with E-state index in [0.717, 1.165) is 18.3 Å². The van der Waals surface area contributed by atoms with Crippen molar-refractivity contribution in [3.63, 3.8) is 0 Å². The van der Waals surface area contributed by atoms with Crippen LogP contribution in [0.15, 0.2) is 33.8 Å². The number of benzene rings is 1. The highest BCUT2D eigenvalue weighted by Crippen LogP contribution is 2.12. The fourth-order valence-corrected chi connectivity index (χ4v) is 2.04. The molecule has 7 heteroatoms. The van der Waals surface area contributed by atoms with E-state index in [2.05, 4.69) is 20.4 Å². The predicted octanol–water partition coefficient (Wildman–Crippen LogP) is 1.59. The van der Waals surface area contributed by atoms with Crippen molar-refractivity contribution < 1.29 is 9.26 Å². The lowest BCUT2D eigenvalue weighted by Gasteiger charge is -2.21. The second kappa shape index (κ2) is 7.44. The van der Waals surface area contributed by atoms with Crippen LogP contribution in [0.4, 0.5) is 0 Å². The summed E-state index contributed by atoms with van der Waals surface area (Å²) in [6, 6.07) is 7.96. The number of aromatic nitrogens is 2. The van der Waals surface area contributed by atoms with Crippen LogP contribution in [0.1, 0.15) is 17.3 Å². The maximum atomic E-state index is 5.16.